The van der Waals surface area contributed by atoms with E-state index in [9.17, 15) is 4.79 Å². The van der Waals surface area contributed by atoms with Crippen LogP contribution in [0.5, 0.6) is 0 Å². The van der Waals surface area contributed by atoms with Gasteiger partial charge in [-0.25, -0.2) is 0 Å². The molecular weight excluding hydrogens is 154 g/mol. The van der Waals surface area contributed by atoms with Crippen LogP contribution in [0.3, 0.4) is 0 Å². The Morgan fingerprint density at radius 3 is 2.58 bits per heavy atom. The molecule has 0 heterocycles. The Labute approximate surface area is 73.7 Å². The molecule has 0 bridgehead atoms. The maximum atomic E-state index is 10.9. The van der Waals surface area contributed by atoms with Gasteiger partial charge in [-0.2, -0.15) is 0 Å². The van der Waals surface area contributed by atoms with Crippen molar-refractivity contribution in [1.29, 1.82) is 0 Å². The van der Waals surface area contributed by atoms with Crippen molar-refractivity contribution < 1.29 is 9.53 Å². The molecule has 1 aliphatic rings. The third-order valence-corrected chi connectivity index (χ3v) is 2.60. The summed E-state index contributed by atoms with van der Waals surface area (Å²) in [6.07, 6.45) is 2.65. The van der Waals surface area contributed by atoms with E-state index >= 15 is 0 Å². The minimum Gasteiger partial charge on any atom is -0.381 e. The monoisotopic (exact) mass is 171 g/mol. The van der Waals surface area contributed by atoms with E-state index < -0.39 is 0 Å². The molecule has 0 unspecified atom stereocenters. The fraction of sp³-hybridized carbons (Fsp3) is 0.889. The number of rotatable bonds is 3. The molecule has 1 amide bonds. The van der Waals surface area contributed by atoms with E-state index in [-0.39, 0.29) is 5.91 Å². The van der Waals surface area contributed by atoms with Gasteiger partial charge < -0.3 is 9.64 Å². The quantitative estimate of drug-likeness (QED) is 0.631. The maximum absolute atomic E-state index is 10.9. The second kappa shape index (κ2) is 3.90. The Bertz CT molecular complexity index is 164. The molecule has 3 heteroatoms. The summed E-state index contributed by atoms with van der Waals surface area (Å²) in [6.45, 7) is 2.49. The van der Waals surface area contributed by atoms with Crippen LogP contribution in [-0.4, -0.2) is 37.6 Å². The molecule has 12 heavy (non-hydrogen) atoms. The summed E-state index contributed by atoms with van der Waals surface area (Å²) >= 11 is 0. The molecule has 0 aromatic heterocycles. The van der Waals surface area contributed by atoms with E-state index in [0.29, 0.717) is 12.0 Å². The zero-order chi connectivity index (χ0) is 9.14. The van der Waals surface area contributed by atoms with Gasteiger partial charge in [-0.05, 0) is 18.8 Å². The predicted octanol–water partition coefficient (Wildman–Crippen LogP) is 0.890. The van der Waals surface area contributed by atoms with Crippen LogP contribution < -0.4 is 0 Å². The zero-order valence-electron chi connectivity index (χ0n) is 8.04. The van der Waals surface area contributed by atoms with Gasteiger partial charge >= 0.3 is 0 Å². The third kappa shape index (κ3) is 2.21. The smallest absolute Gasteiger partial charge is 0.219 e. The fourth-order valence-electron chi connectivity index (χ4n) is 1.53. The van der Waals surface area contributed by atoms with Crippen molar-refractivity contribution in [1.82, 2.24) is 4.90 Å². The van der Waals surface area contributed by atoms with Crippen LogP contribution in [-0.2, 0) is 9.53 Å². The molecule has 0 saturated heterocycles. The van der Waals surface area contributed by atoms with Gasteiger partial charge in [0.25, 0.3) is 0 Å². The number of carbonyl (C=O) groups is 1. The highest BCUT2D eigenvalue weighted by Gasteiger charge is 2.29. The largest absolute Gasteiger partial charge is 0.381 e. The molecule has 1 fully saturated rings. The lowest BCUT2D eigenvalue weighted by Crippen LogP contribution is -2.39. The first-order chi connectivity index (χ1) is 5.63. The maximum Gasteiger partial charge on any atom is 0.219 e. The van der Waals surface area contributed by atoms with Crippen LogP contribution >= 0.6 is 0 Å². The van der Waals surface area contributed by atoms with Crippen LogP contribution in [0.2, 0.25) is 0 Å². The van der Waals surface area contributed by atoms with Gasteiger partial charge in [0.1, 0.15) is 0 Å². The van der Waals surface area contributed by atoms with E-state index in [1.54, 1.807) is 18.9 Å². The van der Waals surface area contributed by atoms with Crippen molar-refractivity contribution in [2.45, 2.75) is 25.9 Å². The van der Waals surface area contributed by atoms with Crippen molar-refractivity contribution in [3.8, 4) is 0 Å². The van der Waals surface area contributed by atoms with E-state index in [0.717, 1.165) is 19.4 Å². The number of amides is 1. The lowest BCUT2D eigenvalue weighted by molar-refractivity contribution is -0.129. The molecule has 3 nitrogen and oxygen atoms in total. The van der Waals surface area contributed by atoms with Gasteiger partial charge in [-0.1, -0.05) is 0 Å². The number of carbonyl (C=O) groups excluding carboxylic acids is 1. The summed E-state index contributed by atoms with van der Waals surface area (Å²) in [6, 6.07) is 0. The van der Waals surface area contributed by atoms with E-state index in [4.69, 9.17) is 4.74 Å². The number of hydrogen-bond donors (Lipinski definition) is 0. The van der Waals surface area contributed by atoms with Crippen LogP contribution in [0, 0.1) is 5.92 Å². The summed E-state index contributed by atoms with van der Waals surface area (Å²) < 4.78 is 5.15. The van der Waals surface area contributed by atoms with Gasteiger partial charge in [0.15, 0.2) is 0 Å². The van der Waals surface area contributed by atoms with Crippen molar-refractivity contribution in [2.24, 2.45) is 5.92 Å². The number of ether oxygens (including phenoxy) is 1. The van der Waals surface area contributed by atoms with Crippen LogP contribution in [0.25, 0.3) is 0 Å². The standard InChI is InChI=1S/C9H17NO2/c1-7(11)10(2)6-8-4-9(5-8)12-3/h8-9H,4-6H2,1-3H3. The Kier molecular flexibility index (Phi) is 3.09. The van der Waals surface area contributed by atoms with Crippen LogP contribution in [0.1, 0.15) is 19.8 Å². The van der Waals surface area contributed by atoms with Gasteiger partial charge in [-0.3, -0.25) is 4.79 Å². The summed E-state index contributed by atoms with van der Waals surface area (Å²) in [5.74, 6) is 0.805. The molecule has 0 radical (unpaired) electrons. The summed E-state index contributed by atoms with van der Waals surface area (Å²) in [7, 11) is 3.60. The van der Waals surface area contributed by atoms with Crippen molar-refractivity contribution in [3.63, 3.8) is 0 Å². The van der Waals surface area contributed by atoms with Crippen molar-refractivity contribution >= 4 is 5.91 Å². The average Bonchev–Trinajstić information content (AvgIpc) is 1.94. The molecular formula is C9H17NO2. The minimum absolute atomic E-state index is 0.149. The first-order valence-corrected chi connectivity index (χ1v) is 4.38. The number of hydrogen-bond acceptors (Lipinski definition) is 2. The van der Waals surface area contributed by atoms with E-state index in [1.165, 1.54) is 0 Å². The molecule has 0 aliphatic heterocycles. The van der Waals surface area contributed by atoms with E-state index in [1.807, 2.05) is 7.05 Å². The van der Waals surface area contributed by atoms with Gasteiger partial charge in [0.2, 0.25) is 5.91 Å². The first kappa shape index (κ1) is 9.52. The predicted molar refractivity (Wildman–Crippen MR) is 46.8 cm³/mol. The second-order valence-electron chi connectivity index (χ2n) is 3.59. The second-order valence-corrected chi connectivity index (χ2v) is 3.59. The Balaban J connectivity index is 2.14. The molecule has 70 valence electrons. The highest BCUT2D eigenvalue weighted by atomic mass is 16.5. The molecule has 0 aromatic rings. The van der Waals surface area contributed by atoms with Gasteiger partial charge in [0, 0.05) is 27.6 Å². The number of nitrogens with zero attached hydrogens (tertiary/aromatic N) is 1. The van der Waals surface area contributed by atoms with E-state index in [2.05, 4.69) is 0 Å². The SMILES string of the molecule is COC1CC(CN(C)C(C)=O)C1. The summed E-state index contributed by atoms with van der Waals surface area (Å²) in [4.78, 5) is 12.6. The highest BCUT2D eigenvalue weighted by Crippen LogP contribution is 2.29. The molecule has 1 saturated carbocycles. The first-order valence-electron chi connectivity index (χ1n) is 4.38. The van der Waals surface area contributed by atoms with Gasteiger partial charge in [-0.15, -0.1) is 0 Å². The molecule has 0 spiro atoms. The van der Waals surface area contributed by atoms with Crippen molar-refractivity contribution in [3.05, 3.63) is 0 Å². The minimum atomic E-state index is 0.149. The van der Waals surface area contributed by atoms with Crippen molar-refractivity contribution in [2.75, 3.05) is 20.7 Å². The zero-order valence-corrected chi connectivity index (χ0v) is 8.04. The summed E-state index contributed by atoms with van der Waals surface area (Å²) in [5.41, 5.74) is 0. The topological polar surface area (TPSA) is 29.5 Å². The van der Waals surface area contributed by atoms with Crippen LogP contribution in [0.4, 0.5) is 0 Å². The van der Waals surface area contributed by atoms with Gasteiger partial charge in [0.05, 0.1) is 6.10 Å². The normalized spacial score (nSPS) is 27.9. The molecule has 1 aliphatic carbocycles. The molecule has 0 atom stereocenters. The lowest BCUT2D eigenvalue weighted by Gasteiger charge is -2.36. The number of methoxy groups -OCH3 is 1. The Hall–Kier alpha value is -0.570. The average molecular weight is 171 g/mol. The molecule has 0 aromatic carbocycles. The summed E-state index contributed by atoms with van der Waals surface area (Å²) in [5, 5.41) is 0. The Morgan fingerprint density at radius 1 is 1.58 bits per heavy atom. The lowest BCUT2D eigenvalue weighted by atomic mass is 9.82. The highest BCUT2D eigenvalue weighted by molar-refractivity contribution is 5.72. The molecule has 1 rings (SSSR count). The third-order valence-electron chi connectivity index (χ3n) is 2.60. The molecule has 0 N–H and O–H groups in total. The fourth-order valence-corrected chi connectivity index (χ4v) is 1.53. The Morgan fingerprint density at radius 2 is 2.17 bits per heavy atom. The van der Waals surface area contributed by atoms with Crippen LogP contribution in [0.15, 0.2) is 0 Å².